The minimum Gasteiger partial charge on any atom is -0.460 e. The van der Waals surface area contributed by atoms with Crippen LogP contribution in [0.25, 0.3) is 0 Å². The number of carbonyl (C=O) groups excluding carboxylic acids is 2. The van der Waals surface area contributed by atoms with Crippen LogP contribution in [0.5, 0.6) is 0 Å². The van der Waals surface area contributed by atoms with Crippen LogP contribution >= 0.6 is 0 Å². The van der Waals surface area contributed by atoms with E-state index >= 15 is 0 Å². The molecule has 0 saturated heterocycles. The molecule has 0 radical (unpaired) electrons. The molecule has 0 aromatic heterocycles. The van der Waals surface area contributed by atoms with Crippen LogP contribution in [0.4, 0.5) is 17.6 Å². The zero-order valence-electron chi connectivity index (χ0n) is 15.7. The number of hydrogen-bond acceptors (Lipinski definition) is 5. The van der Waals surface area contributed by atoms with Crippen molar-refractivity contribution >= 4 is 24.5 Å². The predicted molar refractivity (Wildman–Crippen MR) is 97.1 cm³/mol. The van der Waals surface area contributed by atoms with E-state index in [9.17, 15) is 32.2 Å². The van der Waals surface area contributed by atoms with Gasteiger partial charge >= 0.3 is 19.3 Å². The van der Waals surface area contributed by atoms with E-state index < -0.39 is 49.7 Å². The van der Waals surface area contributed by atoms with Gasteiger partial charge in [-0.2, -0.15) is 13.2 Å². The molecular formula is C19H16BF4NO5. The fourth-order valence-corrected chi connectivity index (χ4v) is 3.09. The van der Waals surface area contributed by atoms with Gasteiger partial charge in [0.1, 0.15) is 19.0 Å². The molecule has 0 unspecified atom stereocenters. The van der Waals surface area contributed by atoms with Gasteiger partial charge in [-0.05, 0) is 47.3 Å². The summed E-state index contributed by atoms with van der Waals surface area (Å²) in [5, 5.41) is 12.2. The van der Waals surface area contributed by atoms with Crippen molar-refractivity contribution in [2.24, 2.45) is 0 Å². The highest BCUT2D eigenvalue weighted by Crippen LogP contribution is 2.32. The minimum absolute atomic E-state index is 0.0492. The van der Waals surface area contributed by atoms with Crippen molar-refractivity contribution in [2.45, 2.75) is 26.3 Å². The number of carbonyl (C=O) groups is 2. The average Bonchev–Trinajstić information content (AvgIpc) is 3.06. The Hall–Kier alpha value is -2.92. The standard InChI is InChI=1S/C19H16BF4NO5/c1-10-13(4-3-12-9-30-20(28)17(10)12)18(27)25-7-16(26)29-8-11-2-5-15(21)14(6-11)19(22,23)24/h2-6,28H,7-9H2,1H3,(H,25,27). The second-order valence-electron chi connectivity index (χ2n) is 6.63. The Morgan fingerprint density at radius 3 is 2.70 bits per heavy atom. The fraction of sp³-hybridized carbons (Fsp3) is 0.263. The SMILES string of the molecule is Cc1c(C(=O)NCC(=O)OCc2ccc(F)c(C(F)(F)F)c2)ccc2c1B(O)OC2. The number of nitrogens with one attached hydrogen (secondary N) is 1. The van der Waals surface area contributed by atoms with Gasteiger partial charge in [-0.15, -0.1) is 0 Å². The highest BCUT2D eigenvalue weighted by atomic mass is 19.4. The summed E-state index contributed by atoms with van der Waals surface area (Å²) >= 11 is 0. The van der Waals surface area contributed by atoms with Crippen molar-refractivity contribution in [2.75, 3.05) is 6.54 Å². The molecule has 2 N–H and O–H groups in total. The van der Waals surface area contributed by atoms with Gasteiger partial charge in [0, 0.05) is 5.56 Å². The molecule has 0 aliphatic carbocycles. The van der Waals surface area contributed by atoms with Crippen LogP contribution in [0.2, 0.25) is 0 Å². The Morgan fingerprint density at radius 1 is 1.27 bits per heavy atom. The van der Waals surface area contributed by atoms with E-state index in [0.29, 0.717) is 23.2 Å². The quantitative estimate of drug-likeness (QED) is 0.434. The average molecular weight is 425 g/mol. The number of amides is 1. The van der Waals surface area contributed by atoms with E-state index in [1.54, 1.807) is 13.0 Å². The topological polar surface area (TPSA) is 84.9 Å². The van der Waals surface area contributed by atoms with Crippen LogP contribution in [0, 0.1) is 12.7 Å². The maximum absolute atomic E-state index is 13.3. The van der Waals surface area contributed by atoms with Crippen LogP contribution in [0.1, 0.15) is 32.6 Å². The molecule has 1 amide bonds. The van der Waals surface area contributed by atoms with E-state index in [1.165, 1.54) is 6.07 Å². The molecule has 30 heavy (non-hydrogen) atoms. The van der Waals surface area contributed by atoms with E-state index in [0.717, 1.165) is 11.6 Å². The third-order valence-corrected chi connectivity index (χ3v) is 4.62. The number of benzene rings is 2. The molecule has 2 aromatic carbocycles. The number of alkyl halides is 3. The second kappa shape index (κ2) is 8.45. The Labute approximate surface area is 168 Å². The summed E-state index contributed by atoms with van der Waals surface area (Å²) in [6.45, 7) is 0.822. The van der Waals surface area contributed by atoms with Gasteiger partial charge in [0.05, 0.1) is 12.2 Å². The van der Waals surface area contributed by atoms with Gasteiger partial charge in [-0.25, -0.2) is 4.39 Å². The fourth-order valence-electron chi connectivity index (χ4n) is 3.09. The molecule has 1 aliphatic rings. The van der Waals surface area contributed by atoms with Crippen molar-refractivity contribution in [1.29, 1.82) is 0 Å². The Kier molecular flexibility index (Phi) is 6.13. The summed E-state index contributed by atoms with van der Waals surface area (Å²) in [5.74, 6) is -2.90. The van der Waals surface area contributed by atoms with E-state index in [-0.39, 0.29) is 17.7 Å². The highest BCUT2D eigenvalue weighted by molar-refractivity contribution is 6.62. The van der Waals surface area contributed by atoms with Crippen LogP contribution in [-0.2, 0) is 33.6 Å². The van der Waals surface area contributed by atoms with E-state index in [2.05, 4.69) is 5.32 Å². The summed E-state index contributed by atoms with van der Waals surface area (Å²) in [7, 11) is -1.13. The molecule has 0 spiro atoms. The first-order chi connectivity index (χ1) is 14.1. The predicted octanol–water partition coefficient (Wildman–Crippen LogP) is 1.84. The number of halogens is 4. The maximum atomic E-state index is 13.3. The zero-order chi connectivity index (χ0) is 22.1. The summed E-state index contributed by atoms with van der Waals surface area (Å²) < 4.78 is 61.4. The first kappa shape index (κ1) is 21.8. The molecular weight excluding hydrogens is 409 g/mol. The number of hydrogen-bond donors (Lipinski definition) is 2. The Morgan fingerprint density at radius 2 is 2.00 bits per heavy atom. The van der Waals surface area contributed by atoms with Crippen LogP contribution in [-0.4, -0.2) is 30.6 Å². The number of rotatable bonds is 5. The molecule has 11 heteroatoms. The molecule has 0 fully saturated rings. The second-order valence-corrected chi connectivity index (χ2v) is 6.63. The summed E-state index contributed by atoms with van der Waals surface area (Å²) in [6, 6.07) is 5.44. The van der Waals surface area contributed by atoms with Crippen molar-refractivity contribution in [3.05, 3.63) is 64.0 Å². The molecule has 6 nitrogen and oxygen atoms in total. The van der Waals surface area contributed by atoms with E-state index in [1.807, 2.05) is 0 Å². The van der Waals surface area contributed by atoms with Crippen LogP contribution in [0.15, 0.2) is 30.3 Å². The third kappa shape index (κ3) is 4.63. The summed E-state index contributed by atoms with van der Waals surface area (Å²) in [5.41, 5.74) is 0.499. The van der Waals surface area contributed by atoms with Gasteiger partial charge in [-0.1, -0.05) is 12.1 Å². The molecule has 0 saturated carbocycles. The number of esters is 1. The molecule has 1 heterocycles. The highest BCUT2D eigenvalue weighted by Gasteiger charge is 2.34. The van der Waals surface area contributed by atoms with Gasteiger partial charge in [0.25, 0.3) is 5.91 Å². The van der Waals surface area contributed by atoms with E-state index in [4.69, 9.17) is 9.39 Å². The summed E-state index contributed by atoms with van der Waals surface area (Å²) in [6.07, 6.45) is -4.87. The van der Waals surface area contributed by atoms with Gasteiger partial charge in [0.15, 0.2) is 0 Å². The maximum Gasteiger partial charge on any atom is 0.492 e. The molecule has 158 valence electrons. The normalized spacial score (nSPS) is 13.2. The lowest BCUT2D eigenvalue weighted by Gasteiger charge is -2.12. The van der Waals surface area contributed by atoms with Gasteiger partial charge < -0.3 is 19.7 Å². The minimum atomic E-state index is -4.87. The largest absolute Gasteiger partial charge is 0.492 e. The van der Waals surface area contributed by atoms with Gasteiger partial charge in [-0.3, -0.25) is 9.59 Å². The number of fused-ring (bicyclic) bond motifs is 1. The van der Waals surface area contributed by atoms with Crippen molar-refractivity contribution < 1.29 is 41.6 Å². The van der Waals surface area contributed by atoms with Crippen LogP contribution in [0.3, 0.4) is 0 Å². The lowest BCUT2D eigenvalue weighted by atomic mass is 9.75. The monoisotopic (exact) mass is 425 g/mol. The number of ether oxygens (including phenoxy) is 1. The Balaban J connectivity index is 1.57. The Bertz CT molecular complexity index is 996. The lowest BCUT2D eigenvalue weighted by Crippen LogP contribution is -2.35. The summed E-state index contributed by atoms with van der Waals surface area (Å²) in [4.78, 5) is 24.2. The molecule has 1 aliphatic heterocycles. The third-order valence-electron chi connectivity index (χ3n) is 4.62. The van der Waals surface area contributed by atoms with Gasteiger partial charge in [0.2, 0.25) is 0 Å². The smallest absolute Gasteiger partial charge is 0.460 e. The molecule has 0 atom stereocenters. The molecule has 3 rings (SSSR count). The molecule has 2 aromatic rings. The van der Waals surface area contributed by atoms with Crippen LogP contribution < -0.4 is 10.8 Å². The first-order valence-electron chi connectivity index (χ1n) is 8.79. The zero-order valence-corrected chi connectivity index (χ0v) is 15.7. The van der Waals surface area contributed by atoms with Crippen molar-refractivity contribution in [3.8, 4) is 0 Å². The lowest BCUT2D eigenvalue weighted by molar-refractivity contribution is -0.143. The van der Waals surface area contributed by atoms with Crippen molar-refractivity contribution in [3.63, 3.8) is 0 Å². The first-order valence-corrected chi connectivity index (χ1v) is 8.79. The molecule has 0 bridgehead atoms. The van der Waals surface area contributed by atoms with Crippen molar-refractivity contribution in [1.82, 2.24) is 5.32 Å².